The van der Waals surface area contributed by atoms with Crippen LogP contribution in [0.2, 0.25) is 0 Å². The number of carboxylic acid groups (broad SMARTS) is 1. The Morgan fingerprint density at radius 1 is 1.29 bits per heavy atom. The molecular weight excluding hydrogens is 276 g/mol. The molecule has 7 nitrogen and oxygen atoms in total. The van der Waals surface area contributed by atoms with E-state index in [4.69, 9.17) is 4.74 Å². The number of nitrogens with one attached hydrogen (secondary N) is 1. The number of urea groups is 1. The molecular formula is C14H22N2O5. The molecule has 1 aliphatic heterocycles. The standard InChI is InChI=1S/C14H22N2O5/c1-21-11(17)10-5-2-3-8-16(10)13(20)15-9-14(12(18)19)6-4-7-14/h10H,2-9H2,1H3,(H,15,20)(H,18,19). The summed E-state index contributed by atoms with van der Waals surface area (Å²) in [6.07, 6.45) is 4.35. The van der Waals surface area contributed by atoms with Crippen LogP contribution < -0.4 is 5.32 Å². The number of methoxy groups -OCH3 is 1. The zero-order valence-electron chi connectivity index (χ0n) is 12.3. The largest absolute Gasteiger partial charge is 0.481 e. The number of likely N-dealkylation sites (tertiary alicyclic amines) is 1. The molecule has 0 aromatic heterocycles. The number of hydrogen-bond donors (Lipinski definition) is 2. The minimum absolute atomic E-state index is 0.117. The Kier molecular flexibility index (Phi) is 4.69. The summed E-state index contributed by atoms with van der Waals surface area (Å²) in [6.45, 7) is 0.608. The van der Waals surface area contributed by atoms with Crippen molar-refractivity contribution in [3.8, 4) is 0 Å². The Morgan fingerprint density at radius 3 is 2.52 bits per heavy atom. The Labute approximate surface area is 123 Å². The molecule has 21 heavy (non-hydrogen) atoms. The molecule has 1 unspecified atom stereocenters. The summed E-state index contributed by atoms with van der Waals surface area (Å²) in [5, 5.41) is 11.9. The third-order valence-corrected chi connectivity index (χ3v) is 4.58. The van der Waals surface area contributed by atoms with Crippen LogP contribution in [-0.2, 0) is 14.3 Å². The Balaban J connectivity index is 1.95. The number of ether oxygens (including phenoxy) is 1. The van der Waals surface area contributed by atoms with E-state index >= 15 is 0 Å². The summed E-state index contributed by atoms with van der Waals surface area (Å²) in [5.41, 5.74) is -0.827. The van der Waals surface area contributed by atoms with Gasteiger partial charge < -0.3 is 20.1 Å². The summed E-state index contributed by atoms with van der Waals surface area (Å²) in [4.78, 5) is 36.7. The van der Waals surface area contributed by atoms with E-state index in [2.05, 4.69) is 5.32 Å². The van der Waals surface area contributed by atoms with Crippen LogP contribution in [0.15, 0.2) is 0 Å². The molecule has 0 bridgehead atoms. The van der Waals surface area contributed by atoms with E-state index in [0.29, 0.717) is 25.8 Å². The minimum atomic E-state index is -0.864. The monoisotopic (exact) mass is 298 g/mol. The average Bonchev–Trinajstić information content (AvgIpc) is 2.44. The molecule has 1 heterocycles. The van der Waals surface area contributed by atoms with Crippen LogP contribution in [0.1, 0.15) is 38.5 Å². The predicted molar refractivity (Wildman–Crippen MR) is 73.7 cm³/mol. The van der Waals surface area contributed by atoms with E-state index in [-0.39, 0.29) is 12.6 Å². The van der Waals surface area contributed by atoms with Crippen molar-refractivity contribution < 1.29 is 24.2 Å². The van der Waals surface area contributed by atoms with Gasteiger partial charge in [0, 0.05) is 13.1 Å². The van der Waals surface area contributed by atoms with E-state index in [0.717, 1.165) is 19.3 Å². The fraction of sp³-hybridized carbons (Fsp3) is 0.786. The summed E-state index contributed by atoms with van der Waals surface area (Å²) >= 11 is 0. The number of esters is 1. The van der Waals surface area contributed by atoms with E-state index in [9.17, 15) is 19.5 Å². The number of hydrogen-bond acceptors (Lipinski definition) is 4. The first kappa shape index (κ1) is 15.6. The molecule has 2 fully saturated rings. The van der Waals surface area contributed by atoms with Crippen LogP contribution in [-0.4, -0.2) is 54.2 Å². The number of carbonyl (C=O) groups excluding carboxylic acids is 2. The third-order valence-electron chi connectivity index (χ3n) is 4.58. The van der Waals surface area contributed by atoms with Crippen LogP contribution in [0.4, 0.5) is 4.79 Å². The van der Waals surface area contributed by atoms with Gasteiger partial charge in [0.15, 0.2) is 0 Å². The van der Waals surface area contributed by atoms with Gasteiger partial charge in [-0.15, -0.1) is 0 Å². The minimum Gasteiger partial charge on any atom is -0.481 e. The predicted octanol–water partition coefficient (Wildman–Crippen LogP) is 0.978. The first-order valence-corrected chi connectivity index (χ1v) is 7.36. The van der Waals surface area contributed by atoms with Crippen LogP contribution in [0.3, 0.4) is 0 Å². The maximum atomic E-state index is 12.3. The Bertz CT molecular complexity index is 433. The SMILES string of the molecule is COC(=O)C1CCCCN1C(=O)NCC1(C(=O)O)CCC1. The van der Waals surface area contributed by atoms with Crippen molar-refractivity contribution >= 4 is 18.0 Å². The van der Waals surface area contributed by atoms with E-state index in [1.54, 1.807) is 0 Å². The van der Waals surface area contributed by atoms with Gasteiger partial charge in [-0.05, 0) is 32.1 Å². The molecule has 1 saturated heterocycles. The van der Waals surface area contributed by atoms with Gasteiger partial charge in [-0.1, -0.05) is 6.42 Å². The fourth-order valence-electron chi connectivity index (χ4n) is 2.97. The van der Waals surface area contributed by atoms with Crippen LogP contribution in [0.5, 0.6) is 0 Å². The summed E-state index contributed by atoms with van der Waals surface area (Å²) < 4.78 is 4.73. The molecule has 0 radical (unpaired) electrons. The van der Waals surface area contributed by atoms with E-state index < -0.39 is 23.4 Å². The number of aliphatic carboxylic acids is 1. The van der Waals surface area contributed by atoms with E-state index in [1.165, 1.54) is 12.0 Å². The van der Waals surface area contributed by atoms with E-state index in [1.807, 2.05) is 0 Å². The molecule has 118 valence electrons. The molecule has 2 rings (SSSR count). The second kappa shape index (κ2) is 6.32. The molecule has 1 aliphatic carbocycles. The second-order valence-electron chi connectivity index (χ2n) is 5.83. The van der Waals surface area contributed by atoms with Gasteiger partial charge in [0.05, 0.1) is 12.5 Å². The van der Waals surface area contributed by atoms with Gasteiger partial charge >= 0.3 is 18.0 Å². The number of carbonyl (C=O) groups is 3. The molecule has 2 N–H and O–H groups in total. The molecule has 1 saturated carbocycles. The van der Waals surface area contributed by atoms with Crippen molar-refractivity contribution in [2.24, 2.45) is 5.41 Å². The molecule has 2 amide bonds. The number of carboxylic acids is 1. The summed E-state index contributed by atoms with van der Waals surface area (Å²) in [7, 11) is 1.31. The highest BCUT2D eigenvalue weighted by Gasteiger charge is 2.45. The summed E-state index contributed by atoms with van der Waals surface area (Å²) in [6, 6.07) is -0.941. The lowest BCUT2D eigenvalue weighted by molar-refractivity contribution is -0.154. The first-order chi connectivity index (χ1) is 10.00. The normalized spacial score (nSPS) is 23.9. The lowest BCUT2D eigenvalue weighted by atomic mass is 9.69. The second-order valence-corrected chi connectivity index (χ2v) is 5.83. The number of amides is 2. The third kappa shape index (κ3) is 3.11. The van der Waals surface area contributed by atoms with Crippen molar-refractivity contribution in [3.05, 3.63) is 0 Å². The number of piperidine rings is 1. The highest BCUT2D eigenvalue weighted by molar-refractivity contribution is 5.84. The fourth-order valence-corrected chi connectivity index (χ4v) is 2.97. The zero-order valence-corrected chi connectivity index (χ0v) is 12.3. The summed E-state index contributed by atoms with van der Waals surface area (Å²) in [5.74, 6) is -1.28. The van der Waals surface area contributed by atoms with Gasteiger partial charge in [-0.25, -0.2) is 9.59 Å². The topological polar surface area (TPSA) is 95.9 Å². The van der Waals surface area contributed by atoms with Gasteiger partial charge in [0.2, 0.25) is 0 Å². The smallest absolute Gasteiger partial charge is 0.328 e. The zero-order chi connectivity index (χ0) is 15.5. The van der Waals surface area contributed by atoms with Gasteiger partial charge in [-0.3, -0.25) is 4.79 Å². The molecule has 0 aromatic carbocycles. The van der Waals surface area contributed by atoms with Crippen molar-refractivity contribution in [3.63, 3.8) is 0 Å². The molecule has 0 aromatic rings. The molecule has 0 spiro atoms. The molecule has 2 aliphatic rings. The van der Waals surface area contributed by atoms with Crippen LogP contribution in [0, 0.1) is 5.41 Å². The van der Waals surface area contributed by atoms with Crippen molar-refractivity contribution in [1.82, 2.24) is 10.2 Å². The van der Waals surface area contributed by atoms with Crippen molar-refractivity contribution in [2.75, 3.05) is 20.2 Å². The van der Waals surface area contributed by atoms with Crippen LogP contribution >= 0.6 is 0 Å². The highest BCUT2D eigenvalue weighted by atomic mass is 16.5. The van der Waals surface area contributed by atoms with Gasteiger partial charge in [0.25, 0.3) is 0 Å². The number of rotatable bonds is 4. The quantitative estimate of drug-likeness (QED) is 0.754. The first-order valence-electron chi connectivity index (χ1n) is 7.36. The lowest BCUT2D eigenvalue weighted by Gasteiger charge is -2.39. The number of nitrogens with zero attached hydrogens (tertiary/aromatic N) is 1. The lowest BCUT2D eigenvalue weighted by Crippen LogP contribution is -2.55. The van der Waals surface area contributed by atoms with Gasteiger partial charge in [-0.2, -0.15) is 0 Å². The van der Waals surface area contributed by atoms with Crippen molar-refractivity contribution in [1.29, 1.82) is 0 Å². The van der Waals surface area contributed by atoms with Gasteiger partial charge in [0.1, 0.15) is 6.04 Å². The average molecular weight is 298 g/mol. The molecule has 7 heteroatoms. The maximum absolute atomic E-state index is 12.3. The Hall–Kier alpha value is -1.79. The van der Waals surface area contributed by atoms with Crippen LogP contribution in [0.25, 0.3) is 0 Å². The highest BCUT2D eigenvalue weighted by Crippen LogP contribution is 2.40. The molecule has 1 atom stereocenters. The van der Waals surface area contributed by atoms with Crippen molar-refractivity contribution in [2.45, 2.75) is 44.6 Å². The Morgan fingerprint density at radius 2 is 2.00 bits per heavy atom. The maximum Gasteiger partial charge on any atom is 0.328 e.